The lowest BCUT2D eigenvalue weighted by atomic mass is 10.0. The quantitative estimate of drug-likeness (QED) is 0.271. The average molecular weight is 437 g/mol. The van der Waals surface area contributed by atoms with E-state index in [1.165, 1.54) is 19.1 Å². The molecule has 32 heavy (non-hydrogen) atoms. The van der Waals surface area contributed by atoms with Crippen molar-refractivity contribution in [2.75, 3.05) is 31.2 Å². The number of hydrogen-bond acceptors (Lipinski definition) is 7. The van der Waals surface area contributed by atoms with Gasteiger partial charge >= 0.3 is 5.97 Å². The van der Waals surface area contributed by atoms with Gasteiger partial charge in [-0.05, 0) is 32.0 Å². The maximum Gasteiger partial charge on any atom is 0.345 e. The van der Waals surface area contributed by atoms with Gasteiger partial charge in [-0.25, -0.2) is 4.79 Å². The molecule has 166 valence electrons. The number of carbonyl (C=O) groups is 2. The second-order valence-corrected chi connectivity index (χ2v) is 7.64. The van der Waals surface area contributed by atoms with E-state index in [2.05, 4.69) is 4.98 Å². The number of ketones is 1. The Morgan fingerprint density at radius 2 is 1.91 bits per heavy atom. The zero-order chi connectivity index (χ0) is 22.8. The summed E-state index contributed by atoms with van der Waals surface area (Å²) in [5, 5.41) is 12.2. The fraction of sp³-hybridized carbons (Fsp3) is 0.304. The molecule has 1 aromatic heterocycles. The number of H-pyrrole nitrogens is 1. The number of fused-ring (bicyclic) bond motifs is 1. The fourth-order valence-electron chi connectivity index (χ4n) is 3.94. The molecule has 0 saturated carbocycles. The summed E-state index contributed by atoms with van der Waals surface area (Å²) in [5.74, 6) is -1.29. The van der Waals surface area contributed by atoms with Gasteiger partial charge in [0.15, 0.2) is 6.10 Å². The highest BCUT2D eigenvalue weighted by Crippen LogP contribution is 2.28. The molecule has 0 radical (unpaired) electrons. The number of nitro groups is 1. The molecule has 0 spiro atoms. The molecule has 1 fully saturated rings. The standard InChI is InChI=1S/C23H23N3O6/c1-14-21(17-5-3-4-6-19(17)24-14)22(27)15(2)32-23(28)18-13-16(7-8-20(18)26(29)30)25-9-11-31-12-10-25/h3-8,13,15,24H,9-12H2,1-2H3/t15-/m1/s1. The van der Waals surface area contributed by atoms with E-state index >= 15 is 0 Å². The van der Waals surface area contributed by atoms with Crippen LogP contribution in [0.4, 0.5) is 11.4 Å². The Labute approximate surface area is 184 Å². The number of esters is 1. The van der Waals surface area contributed by atoms with Gasteiger partial charge in [-0.1, -0.05) is 18.2 Å². The molecule has 9 heteroatoms. The molecule has 1 saturated heterocycles. The largest absolute Gasteiger partial charge is 0.450 e. The van der Waals surface area contributed by atoms with Crippen LogP contribution in [0.15, 0.2) is 42.5 Å². The number of carbonyl (C=O) groups excluding carboxylic acids is 2. The average Bonchev–Trinajstić information content (AvgIpc) is 3.14. The number of benzene rings is 2. The molecule has 1 atom stereocenters. The molecule has 0 unspecified atom stereocenters. The molecule has 0 aliphatic carbocycles. The van der Waals surface area contributed by atoms with Crippen molar-refractivity contribution < 1.29 is 24.0 Å². The number of morpholine rings is 1. The lowest BCUT2D eigenvalue weighted by Crippen LogP contribution is -2.36. The molecule has 4 rings (SSSR count). The van der Waals surface area contributed by atoms with Crippen LogP contribution in [0, 0.1) is 17.0 Å². The van der Waals surface area contributed by atoms with Crippen molar-refractivity contribution in [3.63, 3.8) is 0 Å². The molecule has 1 N–H and O–H groups in total. The van der Waals surface area contributed by atoms with Crippen molar-refractivity contribution in [3.05, 3.63) is 69.4 Å². The topological polar surface area (TPSA) is 115 Å². The first kappa shape index (κ1) is 21.5. The number of aromatic amines is 1. The number of hydrogen-bond donors (Lipinski definition) is 1. The molecule has 2 aromatic carbocycles. The van der Waals surface area contributed by atoms with Gasteiger partial charge in [-0.2, -0.15) is 0 Å². The highest BCUT2D eigenvalue weighted by atomic mass is 16.6. The summed E-state index contributed by atoms with van der Waals surface area (Å²) in [4.78, 5) is 42.0. The Balaban J connectivity index is 1.60. The summed E-state index contributed by atoms with van der Waals surface area (Å²) in [5.41, 5.74) is 2.03. The second-order valence-electron chi connectivity index (χ2n) is 7.64. The fourth-order valence-corrected chi connectivity index (χ4v) is 3.94. The van der Waals surface area contributed by atoms with Crippen LogP contribution in [0.3, 0.4) is 0 Å². The number of aromatic nitrogens is 1. The van der Waals surface area contributed by atoms with Crippen LogP contribution in [-0.2, 0) is 9.47 Å². The third-order valence-corrected chi connectivity index (χ3v) is 5.57. The summed E-state index contributed by atoms with van der Waals surface area (Å²) >= 11 is 0. The maximum atomic E-state index is 13.1. The van der Waals surface area contributed by atoms with Crippen LogP contribution in [0.5, 0.6) is 0 Å². The number of aryl methyl sites for hydroxylation is 1. The van der Waals surface area contributed by atoms with Gasteiger partial charge in [0, 0.05) is 47.0 Å². The summed E-state index contributed by atoms with van der Waals surface area (Å²) < 4.78 is 10.7. The van der Waals surface area contributed by atoms with E-state index in [9.17, 15) is 19.7 Å². The lowest BCUT2D eigenvalue weighted by Gasteiger charge is -2.29. The highest BCUT2D eigenvalue weighted by Gasteiger charge is 2.29. The van der Waals surface area contributed by atoms with Crippen LogP contribution in [0.1, 0.15) is 33.3 Å². The first-order valence-electron chi connectivity index (χ1n) is 10.3. The molecule has 3 aromatic rings. The Hall–Kier alpha value is -3.72. The zero-order valence-electron chi connectivity index (χ0n) is 17.8. The summed E-state index contributed by atoms with van der Waals surface area (Å²) in [6.45, 7) is 5.54. The van der Waals surface area contributed by atoms with E-state index in [1.54, 1.807) is 13.0 Å². The van der Waals surface area contributed by atoms with Crippen molar-refractivity contribution in [3.8, 4) is 0 Å². The van der Waals surface area contributed by atoms with E-state index in [-0.39, 0.29) is 17.0 Å². The van der Waals surface area contributed by atoms with Crippen LogP contribution < -0.4 is 4.90 Å². The van der Waals surface area contributed by atoms with Crippen molar-refractivity contribution in [2.24, 2.45) is 0 Å². The molecule has 0 bridgehead atoms. The van der Waals surface area contributed by atoms with Gasteiger partial charge in [-0.3, -0.25) is 14.9 Å². The number of nitrogens with one attached hydrogen (secondary N) is 1. The SMILES string of the molecule is Cc1[nH]c2ccccc2c1C(=O)[C@@H](C)OC(=O)c1cc(N2CCOCC2)ccc1[N+](=O)[O-]. The third-order valence-electron chi connectivity index (χ3n) is 5.57. The van der Waals surface area contributed by atoms with E-state index in [0.717, 1.165) is 10.9 Å². The maximum absolute atomic E-state index is 13.1. The molecule has 9 nitrogen and oxygen atoms in total. The van der Waals surface area contributed by atoms with Crippen LogP contribution >= 0.6 is 0 Å². The van der Waals surface area contributed by atoms with Gasteiger partial charge in [0.25, 0.3) is 5.69 Å². The van der Waals surface area contributed by atoms with Crippen LogP contribution in [0.25, 0.3) is 10.9 Å². The van der Waals surface area contributed by atoms with E-state index in [0.29, 0.717) is 43.2 Å². The number of para-hydroxylation sites is 1. The predicted octanol–water partition coefficient (Wildman–Crippen LogP) is 3.65. The van der Waals surface area contributed by atoms with E-state index < -0.39 is 17.0 Å². The number of nitro benzene ring substituents is 1. The van der Waals surface area contributed by atoms with Gasteiger partial charge in [0.05, 0.1) is 18.1 Å². The number of anilines is 1. The van der Waals surface area contributed by atoms with Gasteiger partial charge in [-0.15, -0.1) is 0 Å². The predicted molar refractivity (Wildman–Crippen MR) is 118 cm³/mol. The van der Waals surface area contributed by atoms with E-state index in [1.807, 2.05) is 29.2 Å². The minimum Gasteiger partial charge on any atom is -0.450 e. The molecular formula is C23H23N3O6. The van der Waals surface area contributed by atoms with Gasteiger partial charge in [0.1, 0.15) is 5.56 Å². The van der Waals surface area contributed by atoms with Crippen LogP contribution in [-0.4, -0.2) is 54.1 Å². The Morgan fingerprint density at radius 3 is 2.62 bits per heavy atom. The molecule has 1 aliphatic heterocycles. The highest BCUT2D eigenvalue weighted by molar-refractivity contribution is 6.12. The summed E-state index contributed by atoms with van der Waals surface area (Å²) in [6, 6.07) is 11.7. The molecule has 2 heterocycles. The molecule has 1 aliphatic rings. The molecular weight excluding hydrogens is 414 g/mol. The van der Waals surface area contributed by atoms with Crippen LogP contribution in [0.2, 0.25) is 0 Å². The van der Waals surface area contributed by atoms with E-state index in [4.69, 9.17) is 9.47 Å². The third kappa shape index (κ3) is 4.06. The van der Waals surface area contributed by atoms with Gasteiger partial charge < -0.3 is 19.4 Å². The normalized spacial score (nSPS) is 14.9. The lowest BCUT2D eigenvalue weighted by molar-refractivity contribution is -0.385. The van der Waals surface area contributed by atoms with Crippen molar-refractivity contribution in [1.82, 2.24) is 4.98 Å². The van der Waals surface area contributed by atoms with Crippen molar-refractivity contribution in [2.45, 2.75) is 20.0 Å². The van der Waals surface area contributed by atoms with Crippen molar-refractivity contribution >= 4 is 34.0 Å². The monoisotopic (exact) mass is 437 g/mol. The smallest absolute Gasteiger partial charge is 0.345 e. The number of rotatable bonds is 6. The Bertz CT molecular complexity index is 1200. The number of ether oxygens (including phenoxy) is 2. The zero-order valence-corrected chi connectivity index (χ0v) is 17.8. The van der Waals surface area contributed by atoms with Gasteiger partial charge in [0.2, 0.25) is 5.78 Å². The second kappa shape index (κ2) is 8.80. The van der Waals surface area contributed by atoms with Crippen molar-refractivity contribution in [1.29, 1.82) is 0 Å². The first-order valence-corrected chi connectivity index (χ1v) is 10.3. The minimum atomic E-state index is -1.12. The molecule has 0 amide bonds. The summed E-state index contributed by atoms with van der Waals surface area (Å²) in [6.07, 6.45) is -1.12. The number of Topliss-reactive ketones (excluding diaryl/α,β-unsaturated/α-hetero) is 1. The Kier molecular flexibility index (Phi) is 5.91. The Morgan fingerprint density at radius 1 is 1.19 bits per heavy atom. The summed E-state index contributed by atoms with van der Waals surface area (Å²) in [7, 11) is 0. The number of nitrogens with zero attached hydrogens (tertiary/aromatic N) is 2. The minimum absolute atomic E-state index is 0.186. The first-order chi connectivity index (χ1) is 15.4.